The van der Waals surface area contributed by atoms with Gasteiger partial charge in [-0.3, -0.25) is 0 Å². The molecule has 1 nitrogen and oxygen atoms in total. The van der Waals surface area contributed by atoms with E-state index in [1.165, 1.54) is 25.6 Å². The third kappa shape index (κ3) is 1.41. The number of fused-ring (bicyclic) bond motifs is 3. The maximum absolute atomic E-state index is 2.36. The molecular weight excluding hydrogens is 258 g/mol. The fraction of sp³-hybridized carbons (Fsp3) is 0. The first-order chi connectivity index (χ1) is 8.93. The van der Waals surface area contributed by atoms with Gasteiger partial charge < -0.3 is 0 Å². The highest BCUT2D eigenvalue weighted by atomic mass is 32.2. The van der Waals surface area contributed by atoms with Crippen LogP contribution in [0.2, 0.25) is 0 Å². The molecule has 2 aromatic carbocycles. The molecule has 0 N–H and O–H groups in total. The van der Waals surface area contributed by atoms with E-state index < -0.39 is 0 Å². The quantitative estimate of drug-likeness (QED) is 0.451. The molecule has 4 rings (SSSR count). The van der Waals surface area contributed by atoms with Crippen molar-refractivity contribution in [1.82, 2.24) is 0 Å². The maximum Gasteiger partial charge on any atom is 0.326 e. The Kier molecular flexibility index (Phi) is 2.22. The molecule has 2 heterocycles. The molecule has 0 aliphatic carbocycles. The van der Waals surface area contributed by atoms with E-state index in [1.54, 1.807) is 0 Å². The van der Waals surface area contributed by atoms with E-state index >= 15 is 0 Å². The summed E-state index contributed by atoms with van der Waals surface area (Å²) < 4.78 is 5.05. The average molecular weight is 268 g/mol. The lowest BCUT2D eigenvalue weighted by Gasteiger charge is -1.91. The summed E-state index contributed by atoms with van der Waals surface area (Å²) in [5.41, 5.74) is 3.86. The minimum atomic E-state index is 1.28. The number of benzene rings is 2. The van der Waals surface area contributed by atoms with Crippen molar-refractivity contribution in [1.29, 1.82) is 0 Å². The van der Waals surface area contributed by atoms with E-state index in [0.29, 0.717) is 0 Å². The standard InChI is InChI=1S/C15H10NS2/c1-2-6-11(7-3-1)13-10-17-15-16(13)12-8-4-5-9-14(12)18-15/h1-10H/q+1. The number of rotatable bonds is 1. The summed E-state index contributed by atoms with van der Waals surface area (Å²) in [5, 5.41) is 2.24. The number of hydrogen-bond donors (Lipinski definition) is 0. The Balaban J connectivity index is 2.13. The van der Waals surface area contributed by atoms with Crippen LogP contribution in [0.25, 0.3) is 25.6 Å². The molecule has 0 aliphatic heterocycles. The lowest BCUT2D eigenvalue weighted by Crippen LogP contribution is -2.18. The minimum absolute atomic E-state index is 1.28. The summed E-state index contributed by atoms with van der Waals surface area (Å²) in [6.45, 7) is 0. The molecule has 0 saturated carbocycles. The molecule has 4 aromatic rings. The van der Waals surface area contributed by atoms with Crippen LogP contribution in [-0.4, -0.2) is 0 Å². The van der Waals surface area contributed by atoms with Gasteiger partial charge >= 0.3 is 4.14 Å². The Morgan fingerprint density at radius 2 is 1.61 bits per heavy atom. The minimum Gasteiger partial charge on any atom is -0.133 e. The smallest absolute Gasteiger partial charge is 0.133 e. The van der Waals surface area contributed by atoms with Gasteiger partial charge in [0, 0.05) is 11.6 Å². The largest absolute Gasteiger partial charge is 0.326 e. The topological polar surface area (TPSA) is 4.10 Å². The van der Waals surface area contributed by atoms with Gasteiger partial charge in [0.2, 0.25) is 11.2 Å². The molecule has 0 radical (unpaired) electrons. The van der Waals surface area contributed by atoms with Crippen LogP contribution in [0.4, 0.5) is 0 Å². The highest BCUT2D eigenvalue weighted by molar-refractivity contribution is 7.38. The van der Waals surface area contributed by atoms with Gasteiger partial charge in [0.15, 0.2) is 0 Å². The van der Waals surface area contributed by atoms with Crippen molar-refractivity contribution in [2.75, 3.05) is 0 Å². The molecule has 86 valence electrons. The first-order valence-corrected chi connectivity index (χ1v) is 7.49. The average Bonchev–Trinajstić information content (AvgIpc) is 2.98. The molecule has 2 aromatic heterocycles. The lowest BCUT2D eigenvalue weighted by atomic mass is 10.2. The first kappa shape index (κ1) is 10.2. The van der Waals surface area contributed by atoms with Gasteiger partial charge in [-0.2, -0.15) is 0 Å². The molecule has 0 spiro atoms. The summed E-state index contributed by atoms with van der Waals surface area (Å²) >= 11 is 3.67. The summed E-state index contributed by atoms with van der Waals surface area (Å²) in [7, 11) is 0. The molecule has 0 atom stereocenters. The maximum atomic E-state index is 2.36. The van der Waals surface area contributed by atoms with E-state index in [2.05, 4.69) is 64.4 Å². The fourth-order valence-corrected chi connectivity index (χ4v) is 4.48. The lowest BCUT2D eigenvalue weighted by molar-refractivity contribution is -0.460. The molecule has 0 aliphatic rings. The predicted molar refractivity (Wildman–Crippen MR) is 78.3 cm³/mol. The van der Waals surface area contributed by atoms with Crippen LogP contribution in [-0.2, 0) is 0 Å². The highest BCUT2D eigenvalue weighted by Crippen LogP contribution is 2.29. The van der Waals surface area contributed by atoms with Crippen LogP contribution in [0, 0.1) is 0 Å². The Bertz CT molecular complexity index is 827. The third-order valence-electron chi connectivity index (χ3n) is 3.07. The predicted octanol–water partition coefficient (Wildman–Crippen LogP) is 4.37. The van der Waals surface area contributed by atoms with Gasteiger partial charge in [0.05, 0.1) is 5.38 Å². The van der Waals surface area contributed by atoms with Crippen molar-refractivity contribution in [2.45, 2.75) is 0 Å². The Hall–Kier alpha value is -1.71. The monoisotopic (exact) mass is 268 g/mol. The van der Waals surface area contributed by atoms with E-state index in [9.17, 15) is 0 Å². The van der Waals surface area contributed by atoms with E-state index in [-0.39, 0.29) is 0 Å². The van der Waals surface area contributed by atoms with Crippen molar-refractivity contribution < 1.29 is 4.40 Å². The van der Waals surface area contributed by atoms with Crippen LogP contribution in [0.3, 0.4) is 0 Å². The van der Waals surface area contributed by atoms with Gasteiger partial charge in [-0.15, -0.1) is 4.40 Å². The molecule has 0 amide bonds. The fourth-order valence-electron chi connectivity index (χ4n) is 2.24. The van der Waals surface area contributed by atoms with Gasteiger partial charge in [-0.1, -0.05) is 53.0 Å². The second-order valence-electron chi connectivity index (χ2n) is 4.16. The first-order valence-electron chi connectivity index (χ1n) is 5.80. The molecule has 18 heavy (non-hydrogen) atoms. The zero-order valence-electron chi connectivity index (χ0n) is 9.54. The van der Waals surface area contributed by atoms with Crippen molar-refractivity contribution in [2.24, 2.45) is 0 Å². The zero-order chi connectivity index (χ0) is 11.9. The summed E-state index contributed by atoms with van der Waals surface area (Å²) in [6, 6.07) is 19.2. The number of hydrogen-bond acceptors (Lipinski definition) is 2. The Morgan fingerprint density at radius 1 is 0.833 bits per heavy atom. The van der Waals surface area contributed by atoms with Gasteiger partial charge in [-0.05, 0) is 18.2 Å². The van der Waals surface area contributed by atoms with Crippen LogP contribution < -0.4 is 4.40 Å². The number of thiazole rings is 2. The van der Waals surface area contributed by atoms with Crippen LogP contribution in [0.15, 0.2) is 60.0 Å². The third-order valence-corrected chi connectivity index (χ3v) is 5.25. The van der Waals surface area contributed by atoms with Crippen molar-refractivity contribution in [3.8, 4) is 11.3 Å². The Labute approximate surface area is 113 Å². The van der Waals surface area contributed by atoms with Gasteiger partial charge in [-0.25, -0.2) is 0 Å². The number of aromatic nitrogens is 1. The highest BCUT2D eigenvalue weighted by Gasteiger charge is 2.21. The molecule has 0 unspecified atom stereocenters. The van der Waals surface area contributed by atoms with E-state index in [0.717, 1.165) is 0 Å². The van der Waals surface area contributed by atoms with E-state index in [1.807, 2.05) is 22.7 Å². The van der Waals surface area contributed by atoms with E-state index in [4.69, 9.17) is 0 Å². The number of para-hydroxylation sites is 1. The molecule has 0 bridgehead atoms. The van der Waals surface area contributed by atoms with Gasteiger partial charge in [0.1, 0.15) is 4.70 Å². The summed E-state index contributed by atoms with van der Waals surface area (Å²) in [5.74, 6) is 0. The molecule has 0 saturated heterocycles. The van der Waals surface area contributed by atoms with Crippen molar-refractivity contribution >= 4 is 37.0 Å². The normalized spacial score (nSPS) is 11.3. The van der Waals surface area contributed by atoms with Crippen LogP contribution in [0.1, 0.15) is 0 Å². The van der Waals surface area contributed by atoms with Crippen LogP contribution >= 0.6 is 22.7 Å². The molecular formula is C15H10NS2+. The van der Waals surface area contributed by atoms with Crippen molar-refractivity contribution in [3.05, 3.63) is 60.0 Å². The van der Waals surface area contributed by atoms with Crippen LogP contribution in [0.5, 0.6) is 0 Å². The SMILES string of the molecule is c1ccc(-c2csc3sc4ccccc4[n+]23)cc1. The summed E-state index contributed by atoms with van der Waals surface area (Å²) in [6.07, 6.45) is 0. The van der Waals surface area contributed by atoms with Gasteiger partial charge in [0.25, 0.3) is 0 Å². The number of nitrogens with zero attached hydrogens (tertiary/aromatic N) is 1. The zero-order valence-corrected chi connectivity index (χ0v) is 11.2. The second-order valence-corrected chi connectivity index (χ2v) is 6.31. The van der Waals surface area contributed by atoms with Crippen molar-refractivity contribution in [3.63, 3.8) is 0 Å². The Morgan fingerprint density at radius 3 is 2.50 bits per heavy atom. The molecule has 0 fully saturated rings. The second kappa shape index (κ2) is 3.90. The molecule has 3 heteroatoms. The summed E-state index contributed by atoms with van der Waals surface area (Å²) in [4.78, 5) is 0.